The Kier molecular flexibility index (Phi) is 3.93. The highest BCUT2D eigenvalue weighted by molar-refractivity contribution is 7.93. The van der Waals surface area contributed by atoms with Crippen molar-refractivity contribution in [3.63, 3.8) is 0 Å². The van der Waals surface area contributed by atoms with Crippen molar-refractivity contribution in [2.75, 3.05) is 7.05 Å². The summed E-state index contributed by atoms with van der Waals surface area (Å²) in [6, 6.07) is -0.504. The third-order valence-electron chi connectivity index (χ3n) is 4.99. The number of hydrogen-bond acceptors (Lipinski definition) is 6. The van der Waals surface area contributed by atoms with Gasteiger partial charge >= 0.3 is 11.9 Å². The molecule has 0 radical (unpaired) electrons. The first-order valence-corrected chi connectivity index (χ1v) is 9.96. The number of nitrogens with zero attached hydrogens (tertiary/aromatic N) is 3. The Morgan fingerprint density at radius 2 is 2.11 bits per heavy atom. The topological polar surface area (TPSA) is 113 Å². The van der Waals surface area contributed by atoms with Crippen LogP contribution >= 0.6 is 0 Å². The molecule has 2 aliphatic carbocycles. The van der Waals surface area contributed by atoms with Gasteiger partial charge in [0.05, 0.1) is 18.1 Å². The zero-order valence-electron chi connectivity index (χ0n) is 14.9. The molecule has 4 rings (SSSR count). The van der Waals surface area contributed by atoms with Gasteiger partial charge in [-0.1, -0.05) is 0 Å². The Hall–Kier alpha value is -2.59. The van der Waals surface area contributed by atoms with E-state index in [-0.39, 0.29) is 11.4 Å². The molecule has 3 aliphatic rings. The molecule has 0 spiro atoms. The fourth-order valence-electron chi connectivity index (χ4n) is 3.12. The molecule has 142 valence electrons. The summed E-state index contributed by atoms with van der Waals surface area (Å²) in [6.45, 7) is 1.77. The van der Waals surface area contributed by atoms with E-state index in [4.69, 9.17) is 4.42 Å². The Bertz CT molecular complexity index is 1020. The molecule has 1 saturated carbocycles. The van der Waals surface area contributed by atoms with Gasteiger partial charge in [-0.15, -0.1) is 0 Å². The molecule has 0 bridgehead atoms. The smallest absolute Gasteiger partial charge is 0.444 e. The first-order valence-electron chi connectivity index (χ1n) is 8.47. The first kappa shape index (κ1) is 17.8. The van der Waals surface area contributed by atoms with Crippen molar-refractivity contribution in [3.8, 4) is 0 Å². The maximum atomic E-state index is 12.9. The lowest BCUT2D eigenvalue weighted by Gasteiger charge is -2.26. The standard InChI is InChI=1S/C17H19N4O5S/c1-17(5-6-17)19-27(24,25)12-3-4-14-13(7-12)15(22)21(16(23)20(14)2)9-11-8-18-10-26-11/h3-4,7-8,10,13,19H,5-6,9H2,1-2H3/q+1. The van der Waals surface area contributed by atoms with Crippen LogP contribution < -0.4 is 4.72 Å². The van der Waals surface area contributed by atoms with Crippen LogP contribution in [0.5, 0.6) is 0 Å². The SMILES string of the molecule is C[N+]1=C2C=CC(S(=O)(=O)NC3(C)CC3)=CC2C(=O)N(Cc2cnco2)C1=O. The van der Waals surface area contributed by atoms with Crippen LogP contribution in [0.25, 0.3) is 0 Å². The van der Waals surface area contributed by atoms with Crippen molar-refractivity contribution >= 4 is 27.7 Å². The summed E-state index contributed by atoms with van der Waals surface area (Å²) in [5.41, 5.74) is 0.0227. The molecule has 1 unspecified atom stereocenters. The normalized spacial score (nSPS) is 24.1. The van der Waals surface area contributed by atoms with Crippen LogP contribution in [0.15, 0.2) is 40.1 Å². The monoisotopic (exact) mass is 391 g/mol. The zero-order valence-corrected chi connectivity index (χ0v) is 15.7. The fraction of sp³-hybridized carbons (Fsp3) is 0.412. The number of carbonyl (C=O) groups is 2. The number of nitrogens with one attached hydrogen (secondary N) is 1. The Morgan fingerprint density at radius 1 is 1.37 bits per heavy atom. The largest absolute Gasteiger partial charge is 0.501 e. The van der Waals surface area contributed by atoms with Crippen LogP contribution in [0.2, 0.25) is 0 Å². The van der Waals surface area contributed by atoms with Gasteiger partial charge in [-0.3, -0.25) is 0 Å². The van der Waals surface area contributed by atoms with Crippen molar-refractivity contribution in [1.82, 2.24) is 14.6 Å². The van der Waals surface area contributed by atoms with Gasteiger partial charge in [-0.05, 0) is 38.0 Å². The van der Waals surface area contributed by atoms with Crippen LogP contribution in [0, 0.1) is 5.92 Å². The molecule has 9 nitrogen and oxygen atoms in total. The Balaban J connectivity index is 1.67. The molecule has 0 aromatic carbocycles. The lowest BCUT2D eigenvalue weighted by atomic mass is 9.94. The lowest BCUT2D eigenvalue weighted by molar-refractivity contribution is -0.406. The maximum absolute atomic E-state index is 12.9. The third-order valence-corrected chi connectivity index (χ3v) is 6.65. The van der Waals surface area contributed by atoms with E-state index in [0.717, 1.165) is 17.7 Å². The second kappa shape index (κ2) is 5.96. The predicted molar refractivity (Wildman–Crippen MR) is 94.0 cm³/mol. The van der Waals surface area contributed by atoms with Crippen molar-refractivity contribution in [1.29, 1.82) is 0 Å². The number of urea groups is 1. The van der Waals surface area contributed by atoms with Gasteiger partial charge in [0.15, 0.2) is 18.7 Å². The van der Waals surface area contributed by atoms with E-state index >= 15 is 0 Å². The lowest BCUT2D eigenvalue weighted by Crippen LogP contribution is -2.53. The fourth-order valence-corrected chi connectivity index (χ4v) is 4.66. The summed E-state index contributed by atoms with van der Waals surface area (Å²) in [5, 5.41) is 0. The van der Waals surface area contributed by atoms with Crippen LogP contribution in [0.1, 0.15) is 25.5 Å². The molecule has 1 aromatic rings. The molecule has 10 heteroatoms. The van der Waals surface area contributed by atoms with Gasteiger partial charge in [-0.25, -0.2) is 22.9 Å². The Labute approximate surface area is 156 Å². The number of hydrogen-bond donors (Lipinski definition) is 1. The molecule has 1 aromatic heterocycles. The van der Waals surface area contributed by atoms with Crippen molar-refractivity contribution in [3.05, 3.63) is 41.5 Å². The highest BCUT2D eigenvalue weighted by Gasteiger charge is 2.48. The van der Waals surface area contributed by atoms with Gasteiger partial charge in [0.2, 0.25) is 10.0 Å². The van der Waals surface area contributed by atoms with Gasteiger partial charge in [0, 0.05) is 5.54 Å². The highest BCUT2D eigenvalue weighted by atomic mass is 32.2. The minimum absolute atomic E-state index is 0.0279. The summed E-state index contributed by atoms with van der Waals surface area (Å²) in [6.07, 6.45) is 8.53. The van der Waals surface area contributed by atoms with Gasteiger partial charge in [-0.2, -0.15) is 14.3 Å². The number of sulfonamides is 1. The zero-order chi connectivity index (χ0) is 19.4. The van der Waals surface area contributed by atoms with E-state index in [1.165, 1.54) is 35.4 Å². The van der Waals surface area contributed by atoms with Crippen LogP contribution in [0.4, 0.5) is 4.79 Å². The number of amides is 3. The Morgan fingerprint density at radius 3 is 2.74 bits per heavy atom. The number of imide groups is 1. The number of oxazole rings is 1. The van der Waals surface area contributed by atoms with E-state index in [2.05, 4.69) is 9.71 Å². The minimum atomic E-state index is -3.74. The van der Waals surface area contributed by atoms with Crippen LogP contribution in [-0.4, -0.2) is 53.1 Å². The third kappa shape index (κ3) is 3.15. The molecular formula is C17H19N4O5S+. The predicted octanol–water partition coefficient (Wildman–Crippen LogP) is 0.762. The first-order chi connectivity index (χ1) is 12.7. The average molecular weight is 391 g/mol. The molecular weight excluding hydrogens is 372 g/mol. The molecule has 0 saturated heterocycles. The summed E-state index contributed by atoms with van der Waals surface area (Å²) in [4.78, 5) is 30.3. The second-order valence-corrected chi connectivity index (χ2v) is 8.89. The van der Waals surface area contributed by atoms with Crippen molar-refractivity contribution in [2.24, 2.45) is 5.92 Å². The van der Waals surface area contributed by atoms with Crippen molar-refractivity contribution < 1.29 is 27.0 Å². The second-order valence-electron chi connectivity index (χ2n) is 7.20. The number of fused-ring (bicyclic) bond motifs is 1. The summed E-state index contributed by atoms with van der Waals surface area (Å²) in [5.74, 6) is -1.00. The van der Waals surface area contributed by atoms with Crippen LogP contribution in [-0.2, 0) is 21.4 Å². The maximum Gasteiger partial charge on any atom is 0.501 e. The number of rotatable bonds is 5. The minimum Gasteiger partial charge on any atom is -0.444 e. The number of allylic oxidation sites excluding steroid dienone is 2. The molecule has 1 N–H and O–H groups in total. The number of aromatic nitrogens is 1. The summed E-state index contributed by atoms with van der Waals surface area (Å²) >= 11 is 0. The molecule has 2 heterocycles. The number of carbonyl (C=O) groups excluding carboxylic acids is 2. The van der Waals surface area contributed by atoms with Crippen LogP contribution in [0.3, 0.4) is 0 Å². The molecule has 1 fully saturated rings. The van der Waals surface area contributed by atoms with E-state index in [0.29, 0.717) is 11.5 Å². The van der Waals surface area contributed by atoms with Gasteiger partial charge < -0.3 is 4.42 Å². The molecule has 3 amide bonds. The van der Waals surface area contributed by atoms with E-state index in [1.54, 1.807) is 7.05 Å². The van der Waals surface area contributed by atoms with Gasteiger partial charge in [0.25, 0.3) is 0 Å². The van der Waals surface area contributed by atoms with E-state index in [9.17, 15) is 18.0 Å². The summed E-state index contributed by atoms with van der Waals surface area (Å²) in [7, 11) is -2.20. The van der Waals surface area contributed by atoms with E-state index in [1.807, 2.05) is 6.92 Å². The molecule has 1 aliphatic heterocycles. The highest BCUT2D eigenvalue weighted by Crippen LogP contribution is 2.36. The van der Waals surface area contributed by atoms with Gasteiger partial charge in [0.1, 0.15) is 11.6 Å². The quantitative estimate of drug-likeness (QED) is 0.742. The molecule has 27 heavy (non-hydrogen) atoms. The van der Waals surface area contributed by atoms with E-state index < -0.39 is 33.4 Å². The molecule has 1 atom stereocenters. The van der Waals surface area contributed by atoms with Crippen molar-refractivity contribution in [2.45, 2.75) is 31.8 Å². The summed E-state index contributed by atoms with van der Waals surface area (Å²) < 4.78 is 34.4. The average Bonchev–Trinajstić information content (AvgIpc) is 3.12.